The number of fused-ring (bicyclic) bond motifs is 1. The van der Waals surface area contributed by atoms with Crippen molar-refractivity contribution in [1.82, 2.24) is 4.90 Å². The maximum atomic E-state index is 13.3. The highest BCUT2D eigenvalue weighted by atomic mass is 16.5. The topological polar surface area (TPSA) is 72.1 Å². The zero-order valence-corrected chi connectivity index (χ0v) is 16.4. The monoisotopic (exact) mass is 385 g/mol. The summed E-state index contributed by atoms with van der Waals surface area (Å²) in [7, 11) is 3.25. The van der Waals surface area contributed by atoms with Crippen molar-refractivity contribution in [2.75, 3.05) is 20.8 Å². The van der Waals surface area contributed by atoms with Gasteiger partial charge in [0.25, 0.3) is 5.91 Å². The molecule has 0 unspecified atom stereocenters. The third-order valence-corrected chi connectivity index (χ3v) is 6.32. The molecule has 2 aliphatic rings. The third-order valence-electron chi connectivity index (χ3n) is 6.32. The number of benzene rings is 1. The Morgan fingerprint density at radius 2 is 2.07 bits per heavy atom. The van der Waals surface area contributed by atoms with E-state index in [4.69, 9.17) is 13.9 Å². The normalized spacial score (nSPS) is 27.2. The Hall–Kier alpha value is -2.47. The Bertz CT molecular complexity index is 833. The smallest absolute Gasteiger partial charge is 0.290 e. The summed E-state index contributed by atoms with van der Waals surface area (Å²) in [6, 6.07) is 8.73. The quantitative estimate of drug-likeness (QED) is 0.867. The number of rotatable bonds is 4. The van der Waals surface area contributed by atoms with E-state index in [0.29, 0.717) is 30.2 Å². The number of likely N-dealkylation sites (tertiary alicyclic amines) is 1. The Morgan fingerprint density at radius 3 is 2.79 bits per heavy atom. The zero-order valence-electron chi connectivity index (χ0n) is 16.4. The van der Waals surface area contributed by atoms with Gasteiger partial charge in [0, 0.05) is 18.0 Å². The number of ether oxygens (including phenoxy) is 2. The highest BCUT2D eigenvalue weighted by Gasteiger charge is 2.51. The van der Waals surface area contributed by atoms with E-state index in [1.165, 1.54) is 6.26 Å². The van der Waals surface area contributed by atoms with Gasteiger partial charge in [-0.2, -0.15) is 0 Å². The summed E-state index contributed by atoms with van der Waals surface area (Å²) in [5, 5.41) is 11.4. The molecule has 1 aromatic carbocycles. The summed E-state index contributed by atoms with van der Waals surface area (Å²) in [6.45, 7) is 0.470. The van der Waals surface area contributed by atoms with Gasteiger partial charge in [-0.1, -0.05) is 12.8 Å². The molecule has 0 radical (unpaired) electrons. The lowest BCUT2D eigenvalue weighted by molar-refractivity contribution is -0.115. The molecular weight excluding hydrogens is 358 g/mol. The molecule has 1 saturated heterocycles. The number of hydrogen-bond donors (Lipinski definition) is 1. The zero-order chi connectivity index (χ0) is 19.7. The van der Waals surface area contributed by atoms with Crippen LogP contribution in [0, 0.1) is 5.92 Å². The first kappa shape index (κ1) is 18.9. The minimum Gasteiger partial charge on any atom is -0.497 e. The summed E-state index contributed by atoms with van der Waals surface area (Å²) in [5.41, 5.74) is 0.100. The number of aliphatic hydroxyl groups is 1. The van der Waals surface area contributed by atoms with Gasteiger partial charge in [0.1, 0.15) is 11.5 Å². The Labute approximate surface area is 165 Å². The number of furan rings is 1. The van der Waals surface area contributed by atoms with Gasteiger partial charge < -0.3 is 23.9 Å². The molecule has 150 valence electrons. The second-order valence-electron chi connectivity index (χ2n) is 7.73. The van der Waals surface area contributed by atoms with Crippen LogP contribution in [0.1, 0.15) is 54.3 Å². The Morgan fingerprint density at radius 1 is 1.21 bits per heavy atom. The largest absolute Gasteiger partial charge is 0.497 e. The van der Waals surface area contributed by atoms with Crippen molar-refractivity contribution in [2.24, 2.45) is 5.92 Å². The highest BCUT2D eigenvalue weighted by Crippen LogP contribution is 2.51. The molecule has 2 fully saturated rings. The van der Waals surface area contributed by atoms with Gasteiger partial charge in [0.05, 0.1) is 32.1 Å². The molecule has 6 heteroatoms. The third kappa shape index (κ3) is 3.15. The lowest BCUT2D eigenvalue weighted by atomic mass is 9.66. The van der Waals surface area contributed by atoms with Crippen molar-refractivity contribution >= 4 is 5.91 Å². The Balaban J connectivity index is 1.82. The van der Waals surface area contributed by atoms with Gasteiger partial charge >= 0.3 is 0 Å². The van der Waals surface area contributed by atoms with E-state index in [1.54, 1.807) is 26.4 Å². The van der Waals surface area contributed by atoms with Crippen LogP contribution in [0.3, 0.4) is 0 Å². The number of hydrogen-bond acceptors (Lipinski definition) is 5. The van der Waals surface area contributed by atoms with Crippen LogP contribution in [0.15, 0.2) is 41.0 Å². The summed E-state index contributed by atoms with van der Waals surface area (Å²) < 4.78 is 16.5. The van der Waals surface area contributed by atoms with Crippen LogP contribution in [0.2, 0.25) is 0 Å². The highest BCUT2D eigenvalue weighted by molar-refractivity contribution is 5.92. The molecular formula is C22H27NO5. The van der Waals surface area contributed by atoms with Gasteiger partial charge in [0.2, 0.25) is 0 Å². The predicted octanol–water partition coefficient (Wildman–Crippen LogP) is 3.81. The van der Waals surface area contributed by atoms with Crippen molar-refractivity contribution in [3.63, 3.8) is 0 Å². The molecule has 6 nitrogen and oxygen atoms in total. The average Bonchev–Trinajstić information content (AvgIpc) is 3.26. The van der Waals surface area contributed by atoms with E-state index in [2.05, 4.69) is 0 Å². The molecule has 3 atom stereocenters. The standard InChI is InChI=1S/C22H27NO5/c1-26-15-8-9-18(27-2)16(14-15)20-17-6-3-4-10-22(17,25)11-12-23(20)21(24)19-7-5-13-28-19/h5,7-9,13-14,17,20,25H,3-4,6,10-12H2,1-2H3/t17-,20+,22+/m0/s1. The molecule has 0 bridgehead atoms. The van der Waals surface area contributed by atoms with E-state index in [-0.39, 0.29) is 17.9 Å². The molecule has 1 aromatic heterocycles. The fourth-order valence-electron chi connectivity index (χ4n) is 4.91. The van der Waals surface area contributed by atoms with E-state index < -0.39 is 5.60 Å². The van der Waals surface area contributed by atoms with Crippen molar-refractivity contribution in [3.05, 3.63) is 47.9 Å². The molecule has 0 spiro atoms. The molecule has 1 aliphatic carbocycles. The first-order valence-corrected chi connectivity index (χ1v) is 9.86. The van der Waals surface area contributed by atoms with Crippen LogP contribution in [-0.2, 0) is 0 Å². The van der Waals surface area contributed by atoms with Crippen LogP contribution in [-0.4, -0.2) is 42.3 Å². The van der Waals surface area contributed by atoms with Crippen LogP contribution in [0.25, 0.3) is 0 Å². The summed E-state index contributed by atoms with van der Waals surface area (Å²) in [4.78, 5) is 15.1. The van der Waals surface area contributed by atoms with E-state index in [0.717, 1.165) is 31.2 Å². The molecule has 4 rings (SSSR count). The SMILES string of the molecule is COc1ccc(OC)c([C@@H]2[C@@H]3CCCC[C@@]3(O)CCN2C(=O)c2ccco2)c1. The number of methoxy groups -OCH3 is 2. The van der Waals surface area contributed by atoms with E-state index >= 15 is 0 Å². The van der Waals surface area contributed by atoms with Crippen LogP contribution in [0.4, 0.5) is 0 Å². The lowest BCUT2D eigenvalue weighted by Gasteiger charge is -2.52. The van der Waals surface area contributed by atoms with Crippen molar-refractivity contribution in [3.8, 4) is 11.5 Å². The first-order chi connectivity index (χ1) is 13.6. The van der Waals surface area contributed by atoms with Gasteiger partial charge in [0.15, 0.2) is 5.76 Å². The number of piperidine rings is 1. The van der Waals surface area contributed by atoms with Crippen LogP contribution < -0.4 is 9.47 Å². The van der Waals surface area contributed by atoms with Crippen LogP contribution >= 0.6 is 0 Å². The average molecular weight is 385 g/mol. The summed E-state index contributed by atoms with van der Waals surface area (Å²) in [5.74, 6) is 1.49. The number of carbonyl (C=O) groups is 1. The molecule has 1 amide bonds. The van der Waals surface area contributed by atoms with Crippen molar-refractivity contribution in [2.45, 2.75) is 43.7 Å². The number of amides is 1. The van der Waals surface area contributed by atoms with Gasteiger partial charge in [-0.3, -0.25) is 4.79 Å². The van der Waals surface area contributed by atoms with Gasteiger partial charge in [-0.25, -0.2) is 0 Å². The fourth-order valence-corrected chi connectivity index (χ4v) is 4.91. The number of nitrogens with zero attached hydrogens (tertiary/aromatic N) is 1. The lowest BCUT2D eigenvalue weighted by Crippen LogP contribution is -2.56. The predicted molar refractivity (Wildman–Crippen MR) is 104 cm³/mol. The second-order valence-corrected chi connectivity index (χ2v) is 7.73. The molecule has 1 N–H and O–H groups in total. The van der Waals surface area contributed by atoms with E-state index in [1.807, 2.05) is 23.1 Å². The summed E-state index contributed by atoms with van der Waals surface area (Å²) >= 11 is 0. The molecule has 1 saturated carbocycles. The van der Waals surface area contributed by atoms with Gasteiger partial charge in [-0.05, 0) is 49.6 Å². The molecule has 2 heterocycles. The van der Waals surface area contributed by atoms with Crippen LogP contribution in [0.5, 0.6) is 11.5 Å². The second kappa shape index (κ2) is 7.51. The fraction of sp³-hybridized carbons (Fsp3) is 0.500. The molecule has 28 heavy (non-hydrogen) atoms. The maximum absolute atomic E-state index is 13.3. The minimum absolute atomic E-state index is 0.0603. The number of carbonyl (C=O) groups excluding carboxylic acids is 1. The first-order valence-electron chi connectivity index (χ1n) is 9.86. The maximum Gasteiger partial charge on any atom is 0.290 e. The molecule has 1 aliphatic heterocycles. The van der Waals surface area contributed by atoms with E-state index in [9.17, 15) is 9.90 Å². The van der Waals surface area contributed by atoms with Gasteiger partial charge in [-0.15, -0.1) is 0 Å². The summed E-state index contributed by atoms with van der Waals surface area (Å²) in [6.07, 6.45) is 5.77. The minimum atomic E-state index is -0.767. The Kier molecular flexibility index (Phi) is 5.06. The van der Waals surface area contributed by atoms with Crippen molar-refractivity contribution in [1.29, 1.82) is 0 Å². The van der Waals surface area contributed by atoms with Crippen molar-refractivity contribution < 1.29 is 23.8 Å². The molecule has 2 aromatic rings.